The Kier molecular flexibility index (Phi) is 4.03. The fraction of sp³-hybridized carbons (Fsp3) is 0.643. The van der Waals surface area contributed by atoms with E-state index in [9.17, 15) is 18.0 Å². The van der Waals surface area contributed by atoms with Gasteiger partial charge in [0, 0.05) is 25.8 Å². The minimum Gasteiger partial charge on any atom is -0.356 e. The summed E-state index contributed by atoms with van der Waals surface area (Å²) in [6.07, 6.45) is 2.69. The number of terminal acetylenes is 1. The maximum atomic E-state index is 12.4. The molecule has 3 rings (SSSR count). The van der Waals surface area contributed by atoms with Gasteiger partial charge in [-0.05, 0) is 6.42 Å². The Balaban J connectivity index is 1.43. The number of carbonyl (C=O) groups excluding carboxylic acids is 1. The lowest BCUT2D eigenvalue weighted by atomic mass is 10.0. The van der Waals surface area contributed by atoms with Gasteiger partial charge in [-0.15, -0.1) is 12.3 Å². The molecule has 7 nitrogen and oxygen atoms in total. The van der Waals surface area contributed by atoms with Gasteiger partial charge in [-0.2, -0.15) is 28.4 Å². The SMILES string of the molecule is C#CCCC1(CCNC(=O)[C@H]2C[C@H]2c2nc(C(F)(F)F)no2)N=N1. The number of nitrogens with one attached hydrogen (secondary N) is 1. The molecule has 1 aliphatic heterocycles. The number of carbonyl (C=O) groups is 1. The Hall–Kier alpha value is -2.44. The monoisotopic (exact) mass is 341 g/mol. The molecule has 1 aromatic heterocycles. The highest BCUT2D eigenvalue weighted by Crippen LogP contribution is 2.47. The van der Waals surface area contributed by atoms with Crippen LogP contribution in [0.1, 0.15) is 43.3 Å². The van der Waals surface area contributed by atoms with Crippen molar-refractivity contribution >= 4 is 5.91 Å². The number of aromatic nitrogens is 2. The van der Waals surface area contributed by atoms with E-state index in [1.165, 1.54) is 0 Å². The number of amides is 1. The Morgan fingerprint density at radius 3 is 2.75 bits per heavy atom. The lowest BCUT2D eigenvalue weighted by molar-refractivity contribution is -0.146. The Bertz CT molecular complexity index is 700. The van der Waals surface area contributed by atoms with Gasteiger partial charge in [0.2, 0.25) is 11.8 Å². The molecule has 1 fully saturated rings. The minimum atomic E-state index is -4.65. The van der Waals surface area contributed by atoms with Gasteiger partial charge in [0.25, 0.3) is 5.82 Å². The smallest absolute Gasteiger partial charge is 0.356 e. The third-order valence-corrected chi connectivity index (χ3v) is 4.02. The third-order valence-electron chi connectivity index (χ3n) is 4.02. The number of halogens is 3. The predicted octanol–water partition coefficient (Wildman–Crippen LogP) is 2.27. The fourth-order valence-corrected chi connectivity index (χ4v) is 2.44. The van der Waals surface area contributed by atoms with Gasteiger partial charge in [0.15, 0.2) is 5.66 Å². The van der Waals surface area contributed by atoms with Gasteiger partial charge in [0.1, 0.15) is 0 Å². The summed E-state index contributed by atoms with van der Waals surface area (Å²) in [5.74, 6) is -0.111. The van der Waals surface area contributed by atoms with Gasteiger partial charge in [-0.25, -0.2) is 0 Å². The highest BCUT2D eigenvalue weighted by molar-refractivity contribution is 5.82. The maximum absolute atomic E-state index is 12.4. The van der Waals surface area contributed by atoms with E-state index in [2.05, 4.69) is 36.1 Å². The van der Waals surface area contributed by atoms with E-state index in [4.69, 9.17) is 6.42 Å². The van der Waals surface area contributed by atoms with E-state index in [1.807, 2.05) is 0 Å². The van der Waals surface area contributed by atoms with Crippen LogP contribution in [0.2, 0.25) is 0 Å². The molecule has 1 aliphatic carbocycles. The standard InChI is InChI=1S/C14H14F3N5O2/c1-2-3-4-13(21-22-13)5-6-18-10(23)8-7-9(8)11-19-12(20-24-11)14(15,16)17/h1,8-9H,3-7H2,(H,18,23)/t8-,9+/m0/s1. The van der Waals surface area contributed by atoms with Gasteiger partial charge < -0.3 is 9.84 Å². The number of rotatable bonds is 7. The molecular formula is C14H14F3N5O2. The molecule has 0 spiro atoms. The number of alkyl halides is 3. The van der Waals surface area contributed by atoms with Crippen LogP contribution in [0.5, 0.6) is 0 Å². The largest absolute Gasteiger partial charge is 0.455 e. The molecule has 2 atom stereocenters. The van der Waals surface area contributed by atoms with E-state index in [0.717, 1.165) is 0 Å². The average molecular weight is 341 g/mol. The molecule has 2 heterocycles. The second-order valence-corrected chi connectivity index (χ2v) is 5.83. The van der Waals surface area contributed by atoms with Crippen LogP contribution in [-0.2, 0) is 11.0 Å². The Labute approximate surface area is 135 Å². The number of hydrogen-bond donors (Lipinski definition) is 1. The van der Waals surface area contributed by atoms with Crippen LogP contribution in [0.25, 0.3) is 0 Å². The average Bonchev–Trinajstić information content (AvgIpc) is 3.43. The van der Waals surface area contributed by atoms with Crippen molar-refractivity contribution in [2.75, 3.05) is 6.54 Å². The van der Waals surface area contributed by atoms with E-state index in [-0.39, 0.29) is 11.8 Å². The van der Waals surface area contributed by atoms with Crippen LogP contribution in [0.4, 0.5) is 13.2 Å². The third kappa shape index (κ3) is 3.55. The molecule has 1 N–H and O–H groups in total. The van der Waals surface area contributed by atoms with Crippen molar-refractivity contribution in [3.8, 4) is 12.3 Å². The first-order valence-corrected chi connectivity index (χ1v) is 7.41. The summed E-state index contributed by atoms with van der Waals surface area (Å²) in [6, 6.07) is 0. The summed E-state index contributed by atoms with van der Waals surface area (Å²) >= 11 is 0. The molecule has 0 unspecified atom stereocenters. The summed E-state index contributed by atoms with van der Waals surface area (Å²) in [4.78, 5) is 15.3. The highest BCUT2D eigenvalue weighted by atomic mass is 19.4. The van der Waals surface area contributed by atoms with Gasteiger partial charge in [0.05, 0.1) is 11.8 Å². The molecule has 0 radical (unpaired) electrons. The van der Waals surface area contributed by atoms with E-state index >= 15 is 0 Å². The molecule has 10 heteroatoms. The molecule has 0 aromatic carbocycles. The Morgan fingerprint density at radius 1 is 1.42 bits per heavy atom. The van der Waals surface area contributed by atoms with E-state index in [0.29, 0.717) is 32.2 Å². The lowest BCUT2D eigenvalue weighted by Gasteiger charge is -2.09. The lowest BCUT2D eigenvalue weighted by Crippen LogP contribution is -2.29. The summed E-state index contributed by atoms with van der Waals surface area (Å²) in [6.45, 7) is 0.372. The van der Waals surface area contributed by atoms with Gasteiger partial charge >= 0.3 is 6.18 Å². The minimum absolute atomic E-state index is 0.153. The summed E-state index contributed by atoms with van der Waals surface area (Å²) in [7, 11) is 0. The van der Waals surface area contributed by atoms with Crippen molar-refractivity contribution in [2.45, 2.75) is 43.4 Å². The summed E-state index contributed by atoms with van der Waals surface area (Å²) in [5, 5.41) is 13.5. The second-order valence-electron chi connectivity index (χ2n) is 5.83. The topological polar surface area (TPSA) is 92.7 Å². The zero-order valence-electron chi connectivity index (χ0n) is 12.5. The predicted molar refractivity (Wildman–Crippen MR) is 73.4 cm³/mol. The zero-order chi connectivity index (χ0) is 17.4. The molecule has 1 aromatic rings. The molecule has 1 amide bonds. The van der Waals surface area contributed by atoms with Crippen LogP contribution in [0, 0.1) is 18.3 Å². The highest BCUT2D eigenvalue weighted by Gasteiger charge is 2.49. The fourth-order valence-electron chi connectivity index (χ4n) is 2.44. The van der Waals surface area contributed by atoms with E-state index < -0.39 is 29.5 Å². The summed E-state index contributed by atoms with van der Waals surface area (Å²) in [5.41, 5.74) is -0.475. The molecule has 128 valence electrons. The maximum Gasteiger partial charge on any atom is 0.455 e. The van der Waals surface area contributed by atoms with Crippen LogP contribution in [-0.4, -0.2) is 28.3 Å². The molecule has 2 aliphatic rings. The van der Waals surface area contributed by atoms with Crippen LogP contribution < -0.4 is 5.32 Å². The molecule has 24 heavy (non-hydrogen) atoms. The number of nitrogens with zero attached hydrogens (tertiary/aromatic N) is 4. The van der Waals surface area contributed by atoms with Crippen molar-refractivity contribution in [3.63, 3.8) is 0 Å². The quantitative estimate of drug-likeness (QED) is 0.770. The van der Waals surface area contributed by atoms with Crippen LogP contribution in [0.15, 0.2) is 14.8 Å². The molecule has 0 saturated heterocycles. The van der Waals surface area contributed by atoms with Crippen molar-refractivity contribution in [2.24, 2.45) is 16.1 Å². The first-order valence-electron chi connectivity index (χ1n) is 7.41. The van der Waals surface area contributed by atoms with E-state index in [1.54, 1.807) is 0 Å². The first kappa shape index (κ1) is 16.4. The Morgan fingerprint density at radius 2 is 2.17 bits per heavy atom. The summed E-state index contributed by atoms with van der Waals surface area (Å²) < 4.78 is 41.9. The van der Waals surface area contributed by atoms with Crippen LogP contribution in [0.3, 0.4) is 0 Å². The van der Waals surface area contributed by atoms with Crippen molar-refractivity contribution in [3.05, 3.63) is 11.7 Å². The normalized spacial score (nSPS) is 23.6. The molecular weight excluding hydrogens is 327 g/mol. The van der Waals surface area contributed by atoms with Crippen molar-refractivity contribution in [1.29, 1.82) is 0 Å². The van der Waals surface area contributed by atoms with Gasteiger partial charge in [-0.1, -0.05) is 5.16 Å². The zero-order valence-corrected chi connectivity index (χ0v) is 12.5. The van der Waals surface area contributed by atoms with Gasteiger partial charge in [-0.3, -0.25) is 4.79 Å². The second kappa shape index (κ2) is 5.89. The van der Waals surface area contributed by atoms with Crippen LogP contribution >= 0.6 is 0 Å². The first-order chi connectivity index (χ1) is 11.3. The number of hydrogen-bond acceptors (Lipinski definition) is 6. The molecule has 1 saturated carbocycles. The molecule has 0 bridgehead atoms. The van der Waals surface area contributed by atoms with Crippen molar-refractivity contribution < 1.29 is 22.5 Å². The van der Waals surface area contributed by atoms with Crippen molar-refractivity contribution in [1.82, 2.24) is 15.5 Å².